The first-order chi connectivity index (χ1) is 13.0. The van der Waals surface area contributed by atoms with Gasteiger partial charge in [-0.15, -0.1) is 0 Å². The lowest BCUT2D eigenvalue weighted by Gasteiger charge is -2.37. The summed E-state index contributed by atoms with van der Waals surface area (Å²) >= 11 is 0. The van der Waals surface area contributed by atoms with Crippen LogP contribution < -0.4 is 10.6 Å². The highest BCUT2D eigenvalue weighted by Crippen LogP contribution is 2.26. The number of aryl methyl sites for hydroxylation is 1. The zero-order valence-corrected chi connectivity index (χ0v) is 16.6. The lowest BCUT2D eigenvalue weighted by Crippen LogP contribution is -2.56. The Balaban J connectivity index is 1.53. The predicted octanol–water partition coefficient (Wildman–Crippen LogP) is 1.48. The summed E-state index contributed by atoms with van der Waals surface area (Å²) in [7, 11) is 0. The highest BCUT2D eigenvalue weighted by Gasteiger charge is 2.29. The van der Waals surface area contributed by atoms with E-state index in [0.29, 0.717) is 19.6 Å². The molecule has 3 rings (SSSR count). The van der Waals surface area contributed by atoms with E-state index in [1.807, 2.05) is 34.9 Å². The molecule has 148 valence electrons. The van der Waals surface area contributed by atoms with E-state index < -0.39 is 6.04 Å². The molecule has 0 spiro atoms. The fourth-order valence-corrected chi connectivity index (χ4v) is 3.90. The molecule has 0 aliphatic carbocycles. The Hall–Kier alpha value is -1.92. The number of benzene rings is 1. The lowest BCUT2D eigenvalue weighted by atomic mass is 9.98. The number of fused-ring (bicyclic) bond motifs is 1. The third-order valence-corrected chi connectivity index (χ3v) is 6.00. The van der Waals surface area contributed by atoms with Crippen molar-refractivity contribution in [3.63, 3.8) is 0 Å². The van der Waals surface area contributed by atoms with E-state index in [1.165, 1.54) is 5.56 Å². The Kier molecular flexibility index (Phi) is 6.50. The van der Waals surface area contributed by atoms with Gasteiger partial charge >= 0.3 is 0 Å². The van der Waals surface area contributed by atoms with Crippen LogP contribution in [0.1, 0.15) is 32.3 Å². The number of para-hydroxylation sites is 1. The van der Waals surface area contributed by atoms with E-state index in [1.54, 1.807) is 0 Å². The van der Waals surface area contributed by atoms with Gasteiger partial charge in [-0.25, -0.2) is 0 Å². The fourth-order valence-electron chi connectivity index (χ4n) is 3.90. The first-order valence-electron chi connectivity index (χ1n) is 10.2. The molecule has 2 N–H and O–H groups in total. The van der Waals surface area contributed by atoms with Gasteiger partial charge in [-0.1, -0.05) is 38.5 Å². The summed E-state index contributed by atoms with van der Waals surface area (Å²) in [6.45, 7) is 8.01. The molecule has 2 unspecified atom stereocenters. The average Bonchev–Trinajstić information content (AvgIpc) is 2.72. The van der Waals surface area contributed by atoms with Crippen LogP contribution in [0.25, 0.3) is 0 Å². The van der Waals surface area contributed by atoms with Crippen molar-refractivity contribution in [1.29, 1.82) is 0 Å². The van der Waals surface area contributed by atoms with Crippen molar-refractivity contribution >= 4 is 17.5 Å². The van der Waals surface area contributed by atoms with Crippen LogP contribution in [-0.4, -0.2) is 66.9 Å². The Morgan fingerprint density at radius 1 is 1.11 bits per heavy atom. The van der Waals surface area contributed by atoms with Crippen LogP contribution in [0.2, 0.25) is 0 Å². The Morgan fingerprint density at radius 3 is 2.52 bits per heavy atom. The molecule has 0 bridgehead atoms. The van der Waals surface area contributed by atoms with E-state index in [4.69, 9.17) is 5.73 Å². The van der Waals surface area contributed by atoms with Gasteiger partial charge in [0.25, 0.3) is 0 Å². The Bertz CT molecular complexity index is 670. The highest BCUT2D eigenvalue weighted by atomic mass is 16.2. The average molecular weight is 373 g/mol. The highest BCUT2D eigenvalue weighted by molar-refractivity contribution is 5.96. The van der Waals surface area contributed by atoms with Crippen LogP contribution in [0.5, 0.6) is 0 Å². The zero-order valence-electron chi connectivity index (χ0n) is 16.6. The van der Waals surface area contributed by atoms with Crippen molar-refractivity contribution < 1.29 is 9.59 Å². The maximum atomic E-state index is 12.9. The van der Waals surface area contributed by atoms with Gasteiger partial charge in [-0.3, -0.25) is 14.5 Å². The zero-order chi connectivity index (χ0) is 19.4. The second-order valence-electron chi connectivity index (χ2n) is 7.79. The van der Waals surface area contributed by atoms with Gasteiger partial charge in [-0.05, 0) is 30.4 Å². The summed E-state index contributed by atoms with van der Waals surface area (Å²) in [6, 6.07) is 7.76. The summed E-state index contributed by atoms with van der Waals surface area (Å²) in [5.74, 6) is 0.384. The molecule has 1 fully saturated rings. The number of amides is 2. The molecule has 6 nitrogen and oxygen atoms in total. The normalized spacial score (nSPS) is 20.1. The molecule has 1 aromatic carbocycles. The molecule has 6 heteroatoms. The minimum Gasteiger partial charge on any atom is -0.339 e. The van der Waals surface area contributed by atoms with E-state index in [9.17, 15) is 9.59 Å². The molecule has 2 amide bonds. The van der Waals surface area contributed by atoms with Gasteiger partial charge in [0.15, 0.2) is 0 Å². The fraction of sp³-hybridized carbons (Fsp3) is 0.619. The molecule has 2 aliphatic heterocycles. The number of hydrogen-bond acceptors (Lipinski definition) is 4. The van der Waals surface area contributed by atoms with Crippen molar-refractivity contribution in [2.45, 2.75) is 39.2 Å². The number of nitrogens with two attached hydrogens (primary N) is 1. The standard InChI is InChI=1S/C21H32N4O2/c1-3-16(2)20(22)21(27)24-13-11-23(12-14-24)15-19(26)25-10-6-8-17-7-4-5-9-18(17)25/h4-5,7,9,16,20H,3,6,8,10-15,22H2,1-2H3. The number of rotatable bonds is 5. The van der Waals surface area contributed by atoms with Crippen molar-refractivity contribution in [2.24, 2.45) is 11.7 Å². The van der Waals surface area contributed by atoms with E-state index in [2.05, 4.69) is 17.9 Å². The molecule has 0 radical (unpaired) electrons. The Labute approximate surface area is 162 Å². The summed E-state index contributed by atoms with van der Waals surface area (Å²) in [5.41, 5.74) is 8.41. The molecule has 1 saturated heterocycles. The topological polar surface area (TPSA) is 69.9 Å². The second-order valence-corrected chi connectivity index (χ2v) is 7.79. The van der Waals surface area contributed by atoms with Crippen LogP contribution in [-0.2, 0) is 16.0 Å². The third-order valence-electron chi connectivity index (χ3n) is 6.00. The largest absolute Gasteiger partial charge is 0.339 e. The van der Waals surface area contributed by atoms with Crippen molar-refractivity contribution in [3.8, 4) is 0 Å². The molecule has 27 heavy (non-hydrogen) atoms. The van der Waals surface area contributed by atoms with E-state index in [-0.39, 0.29) is 17.7 Å². The second kappa shape index (κ2) is 8.85. The van der Waals surface area contributed by atoms with Crippen molar-refractivity contribution in [1.82, 2.24) is 9.80 Å². The number of anilines is 1. The predicted molar refractivity (Wildman–Crippen MR) is 108 cm³/mol. The molecule has 0 saturated carbocycles. The molecule has 2 atom stereocenters. The van der Waals surface area contributed by atoms with Crippen LogP contribution in [0.3, 0.4) is 0 Å². The van der Waals surface area contributed by atoms with Gasteiger partial charge in [-0.2, -0.15) is 0 Å². The maximum Gasteiger partial charge on any atom is 0.241 e. The van der Waals surface area contributed by atoms with Gasteiger partial charge in [0, 0.05) is 38.4 Å². The van der Waals surface area contributed by atoms with E-state index in [0.717, 1.165) is 44.6 Å². The maximum absolute atomic E-state index is 12.9. The third kappa shape index (κ3) is 4.50. The number of carbonyl (C=O) groups excluding carboxylic acids is 2. The smallest absolute Gasteiger partial charge is 0.241 e. The minimum absolute atomic E-state index is 0.0419. The van der Waals surface area contributed by atoms with Gasteiger partial charge in [0.2, 0.25) is 11.8 Å². The van der Waals surface area contributed by atoms with Crippen molar-refractivity contribution in [2.75, 3.05) is 44.2 Å². The van der Waals surface area contributed by atoms with Gasteiger partial charge < -0.3 is 15.5 Å². The number of carbonyl (C=O) groups is 2. The summed E-state index contributed by atoms with van der Waals surface area (Å²) < 4.78 is 0. The van der Waals surface area contributed by atoms with Gasteiger partial charge in [0.05, 0.1) is 12.6 Å². The first kappa shape index (κ1) is 19.8. The number of hydrogen-bond donors (Lipinski definition) is 1. The van der Waals surface area contributed by atoms with Crippen LogP contribution >= 0.6 is 0 Å². The number of piperazine rings is 1. The van der Waals surface area contributed by atoms with Crippen LogP contribution in [0, 0.1) is 5.92 Å². The SMILES string of the molecule is CCC(C)C(N)C(=O)N1CCN(CC(=O)N2CCCc3ccccc32)CC1. The van der Waals surface area contributed by atoms with Crippen LogP contribution in [0.4, 0.5) is 5.69 Å². The molecule has 1 aromatic rings. The molecule has 0 aromatic heterocycles. The first-order valence-corrected chi connectivity index (χ1v) is 10.2. The summed E-state index contributed by atoms with van der Waals surface area (Å²) in [4.78, 5) is 31.3. The molecular formula is C21H32N4O2. The molecular weight excluding hydrogens is 340 g/mol. The monoisotopic (exact) mass is 372 g/mol. The van der Waals surface area contributed by atoms with Crippen molar-refractivity contribution in [3.05, 3.63) is 29.8 Å². The van der Waals surface area contributed by atoms with E-state index >= 15 is 0 Å². The lowest BCUT2D eigenvalue weighted by molar-refractivity contribution is -0.135. The molecule has 2 aliphatic rings. The van der Waals surface area contributed by atoms with Gasteiger partial charge in [0.1, 0.15) is 0 Å². The summed E-state index contributed by atoms with van der Waals surface area (Å²) in [6.07, 6.45) is 2.95. The quantitative estimate of drug-likeness (QED) is 0.850. The van der Waals surface area contributed by atoms with Crippen LogP contribution in [0.15, 0.2) is 24.3 Å². The summed E-state index contributed by atoms with van der Waals surface area (Å²) in [5, 5.41) is 0. The number of nitrogens with zero attached hydrogens (tertiary/aromatic N) is 3. The molecule has 2 heterocycles. The minimum atomic E-state index is -0.423. The Morgan fingerprint density at radius 2 is 1.81 bits per heavy atom.